The number of nitrogens with one attached hydrogen (secondary N) is 2. The lowest BCUT2D eigenvalue weighted by Crippen LogP contribution is -2.69. The van der Waals surface area contributed by atoms with E-state index in [-0.39, 0.29) is 25.6 Å². The molecular weight excluding hydrogens is 558 g/mol. The molecule has 16 unspecified atom stereocenters. The Morgan fingerprint density at radius 2 is 1.71 bits per heavy atom. The molecule has 0 aromatic carbocycles. The fraction of sp³-hybridized carbons (Fsp3) is 0.960. The predicted octanol–water partition coefficient (Wildman–Crippen LogP) is -7.42. The molecule has 0 radical (unpaired) electrons. The van der Waals surface area contributed by atoms with E-state index in [4.69, 9.17) is 48.0 Å². The molecular formula is C25H49N7O10. The van der Waals surface area contributed by atoms with E-state index in [0.717, 1.165) is 0 Å². The van der Waals surface area contributed by atoms with E-state index in [1.165, 1.54) is 0 Å². The van der Waals surface area contributed by atoms with Crippen LogP contribution >= 0.6 is 0 Å². The van der Waals surface area contributed by atoms with Crippen LogP contribution in [0.15, 0.2) is 0 Å². The predicted molar refractivity (Wildman–Crippen MR) is 146 cm³/mol. The van der Waals surface area contributed by atoms with Crippen LogP contribution in [0.4, 0.5) is 0 Å². The highest BCUT2D eigenvalue weighted by atomic mass is 16.7. The molecule has 1 amide bonds. The Kier molecular flexibility index (Phi) is 11.2. The smallest absolute Gasteiger partial charge is 0.253 e. The van der Waals surface area contributed by atoms with Crippen LogP contribution in [0.25, 0.3) is 0 Å². The van der Waals surface area contributed by atoms with Gasteiger partial charge in [0, 0.05) is 49.6 Å². The van der Waals surface area contributed by atoms with E-state index in [1.54, 1.807) is 0 Å². The number of nitrogens with two attached hydrogens (primary N) is 5. The van der Waals surface area contributed by atoms with Crippen molar-refractivity contribution >= 4 is 5.91 Å². The van der Waals surface area contributed by atoms with Crippen LogP contribution in [-0.2, 0) is 19.0 Å². The fourth-order valence-electron chi connectivity index (χ4n) is 6.22. The summed E-state index contributed by atoms with van der Waals surface area (Å²) < 4.78 is 18.0. The van der Waals surface area contributed by atoms with Crippen molar-refractivity contribution in [2.24, 2.45) is 34.6 Å². The monoisotopic (exact) mass is 607 g/mol. The maximum atomic E-state index is 12.9. The Balaban J connectivity index is 1.53. The fourth-order valence-corrected chi connectivity index (χ4v) is 6.22. The zero-order chi connectivity index (χ0) is 30.9. The van der Waals surface area contributed by atoms with Gasteiger partial charge >= 0.3 is 0 Å². The first-order valence-corrected chi connectivity index (χ1v) is 14.6. The van der Waals surface area contributed by atoms with Gasteiger partial charge in [0.1, 0.15) is 24.4 Å². The number of hydrogen-bond donors (Lipinski definition) is 13. The molecule has 2 aliphatic carbocycles. The molecule has 0 spiro atoms. The van der Waals surface area contributed by atoms with Crippen molar-refractivity contribution in [2.75, 3.05) is 26.3 Å². The Bertz CT molecular complexity index is 910. The van der Waals surface area contributed by atoms with Crippen LogP contribution in [0, 0.1) is 5.92 Å². The minimum Gasteiger partial charge on any atom is -0.395 e. The standard InChI is InChI=1S/C25H49N7O10/c26-9(7-33)5-31-6-10-1-2-11(27)21(40-10)16-12(28)3-13(32-24(38)25(39)4-15(25)29)22(19(16)36)42-23-20(37)17(30)18(35)14(8-34)41-23/h9-23,31,33-37,39H,1-8,26-30H2,(H,32,38). The number of rotatable bonds is 11. The highest BCUT2D eigenvalue weighted by Gasteiger charge is 2.59. The van der Waals surface area contributed by atoms with Gasteiger partial charge in [-0.3, -0.25) is 4.79 Å². The van der Waals surface area contributed by atoms with E-state index < -0.39 is 103 Å². The summed E-state index contributed by atoms with van der Waals surface area (Å²) in [6.07, 6.45) is -7.89. The van der Waals surface area contributed by atoms with Crippen LogP contribution in [0.5, 0.6) is 0 Å². The highest BCUT2D eigenvalue weighted by Crippen LogP contribution is 2.38. The van der Waals surface area contributed by atoms with Gasteiger partial charge in [-0.05, 0) is 19.3 Å². The first-order valence-electron chi connectivity index (χ1n) is 14.6. The largest absolute Gasteiger partial charge is 0.395 e. The zero-order valence-electron chi connectivity index (χ0n) is 23.5. The molecule has 42 heavy (non-hydrogen) atoms. The Morgan fingerprint density at radius 1 is 1.02 bits per heavy atom. The molecule has 4 rings (SSSR count). The molecule has 0 aromatic heterocycles. The summed E-state index contributed by atoms with van der Waals surface area (Å²) in [5.74, 6) is -1.53. The lowest BCUT2D eigenvalue weighted by Gasteiger charge is -2.51. The zero-order valence-corrected chi connectivity index (χ0v) is 23.5. The lowest BCUT2D eigenvalue weighted by atomic mass is 9.72. The average Bonchev–Trinajstić information content (AvgIpc) is 3.58. The van der Waals surface area contributed by atoms with Gasteiger partial charge in [-0.1, -0.05) is 0 Å². The highest BCUT2D eigenvalue weighted by molar-refractivity contribution is 5.89. The molecule has 18 N–H and O–H groups in total. The summed E-state index contributed by atoms with van der Waals surface area (Å²) in [7, 11) is 0. The van der Waals surface area contributed by atoms with Crippen LogP contribution in [0.3, 0.4) is 0 Å². The number of carbonyl (C=O) groups excluding carboxylic acids is 1. The first kappa shape index (κ1) is 33.8. The van der Waals surface area contributed by atoms with Crippen molar-refractivity contribution in [1.82, 2.24) is 10.6 Å². The minimum absolute atomic E-state index is 0.0626. The van der Waals surface area contributed by atoms with Gasteiger partial charge in [-0.25, -0.2) is 0 Å². The van der Waals surface area contributed by atoms with Crippen molar-refractivity contribution in [3.63, 3.8) is 0 Å². The van der Waals surface area contributed by atoms with Gasteiger partial charge in [0.05, 0.1) is 43.6 Å². The second-order valence-electron chi connectivity index (χ2n) is 12.2. The van der Waals surface area contributed by atoms with Gasteiger partial charge in [0.25, 0.3) is 5.91 Å². The molecule has 2 heterocycles. The number of hydrogen-bond acceptors (Lipinski definition) is 16. The molecule has 244 valence electrons. The van der Waals surface area contributed by atoms with Crippen molar-refractivity contribution in [2.45, 2.75) is 117 Å². The molecule has 4 fully saturated rings. The molecule has 2 aliphatic heterocycles. The van der Waals surface area contributed by atoms with Gasteiger partial charge in [0.2, 0.25) is 0 Å². The van der Waals surface area contributed by atoms with Crippen molar-refractivity contribution in [3.8, 4) is 0 Å². The van der Waals surface area contributed by atoms with Crippen LogP contribution in [0.2, 0.25) is 0 Å². The molecule has 0 aromatic rings. The van der Waals surface area contributed by atoms with Crippen LogP contribution in [0.1, 0.15) is 25.7 Å². The average molecular weight is 608 g/mol. The van der Waals surface area contributed by atoms with Gasteiger partial charge in [0.15, 0.2) is 11.9 Å². The van der Waals surface area contributed by atoms with Crippen LogP contribution < -0.4 is 39.3 Å². The summed E-state index contributed by atoms with van der Waals surface area (Å²) in [6.45, 7) is 0.0230. The summed E-state index contributed by atoms with van der Waals surface area (Å²) in [5, 5.41) is 67.8. The quantitative estimate of drug-likeness (QED) is 0.104. The number of aliphatic hydroxyl groups is 6. The van der Waals surface area contributed by atoms with E-state index in [2.05, 4.69) is 10.6 Å². The maximum Gasteiger partial charge on any atom is 0.253 e. The van der Waals surface area contributed by atoms with E-state index in [0.29, 0.717) is 25.9 Å². The third kappa shape index (κ3) is 7.06. The Morgan fingerprint density at radius 3 is 2.33 bits per heavy atom. The summed E-state index contributed by atoms with van der Waals surface area (Å²) >= 11 is 0. The van der Waals surface area contributed by atoms with E-state index in [1.807, 2.05) is 0 Å². The number of ether oxygens (including phenoxy) is 3. The van der Waals surface area contributed by atoms with Crippen molar-refractivity contribution in [3.05, 3.63) is 0 Å². The third-order valence-electron chi connectivity index (χ3n) is 9.06. The van der Waals surface area contributed by atoms with Gasteiger partial charge in [-0.2, -0.15) is 0 Å². The lowest BCUT2D eigenvalue weighted by molar-refractivity contribution is -0.306. The minimum atomic E-state index is -1.76. The third-order valence-corrected chi connectivity index (χ3v) is 9.06. The molecule has 17 nitrogen and oxygen atoms in total. The summed E-state index contributed by atoms with van der Waals surface area (Å²) in [6, 6.07) is -4.58. The number of amides is 1. The summed E-state index contributed by atoms with van der Waals surface area (Å²) in [4.78, 5) is 12.9. The molecule has 0 bridgehead atoms. The topological polar surface area (TPSA) is 320 Å². The SMILES string of the molecule is NC(CO)CNCC1CCC(N)C(C2C(N)CC(NC(=O)C3(O)CC3N)C(OC3OC(CO)C(O)C(N)C3O)C2O)O1. The maximum absolute atomic E-state index is 12.9. The van der Waals surface area contributed by atoms with Gasteiger partial charge in [-0.15, -0.1) is 0 Å². The number of carbonyl (C=O) groups is 1. The Hall–Kier alpha value is -1.13. The number of aliphatic hydroxyl groups excluding tert-OH is 5. The molecule has 2 saturated heterocycles. The summed E-state index contributed by atoms with van der Waals surface area (Å²) in [5.41, 5.74) is 28.7. The molecule has 2 saturated carbocycles. The van der Waals surface area contributed by atoms with E-state index in [9.17, 15) is 30.3 Å². The molecule has 4 aliphatic rings. The normalized spacial score (nSPS) is 48.5. The first-order chi connectivity index (χ1) is 19.8. The van der Waals surface area contributed by atoms with Crippen LogP contribution in [-0.4, -0.2) is 154 Å². The van der Waals surface area contributed by atoms with Crippen molar-refractivity contribution < 1.29 is 49.6 Å². The molecule has 16 atom stereocenters. The second kappa shape index (κ2) is 13.9. The van der Waals surface area contributed by atoms with Gasteiger partial charge < -0.3 is 84.2 Å². The Labute approximate surface area is 244 Å². The van der Waals surface area contributed by atoms with E-state index >= 15 is 0 Å². The van der Waals surface area contributed by atoms with Crippen molar-refractivity contribution in [1.29, 1.82) is 0 Å². The molecule has 17 heteroatoms. The second-order valence-corrected chi connectivity index (χ2v) is 12.2.